The highest BCUT2D eigenvalue weighted by molar-refractivity contribution is 6.42. The van der Waals surface area contributed by atoms with E-state index >= 15 is 0 Å². The summed E-state index contributed by atoms with van der Waals surface area (Å²) in [6.45, 7) is 0.920. The van der Waals surface area contributed by atoms with Gasteiger partial charge < -0.3 is 21.1 Å². The number of aromatic nitrogens is 1. The molecule has 0 unspecified atom stereocenters. The Morgan fingerprint density at radius 2 is 1.88 bits per heavy atom. The van der Waals surface area contributed by atoms with E-state index in [-0.39, 0.29) is 25.1 Å². The molecule has 0 fully saturated rings. The fourth-order valence-corrected chi connectivity index (χ4v) is 3.69. The van der Waals surface area contributed by atoms with Crippen molar-refractivity contribution in [2.24, 2.45) is 5.73 Å². The smallest absolute Gasteiger partial charge is 0.412 e. The van der Waals surface area contributed by atoms with Crippen LogP contribution in [0.15, 0.2) is 54.7 Å². The minimum atomic E-state index is -0.650. The van der Waals surface area contributed by atoms with Crippen molar-refractivity contribution >= 4 is 51.8 Å². The highest BCUT2D eigenvalue weighted by Crippen LogP contribution is 2.25. The molecule has 3 rings (SSSR count). The molecule has 2 amide bonds. The Kier molecular flexibility index (Phi) is 9.90. The van der Waals surface area contributed by atoms with E-state index in [2.05, 4.69) is 20.9 Å². The van der Waals surface area contributed by atoms with Gasteiger partial charge in [-0.2, -0.15) is 0 Å². The Balaban J connectivity index is 1.46. The average Bonchev–Trinajstić information content (AvgIpc) is 2.83. The van der Waals surface area contributed by atoms with Gasteiger partial charge in [0.2, 0.25) is 5.91 Å². The predicted octanol–water partition coefficient (Wildman–Crippen LogP) is 4.10. The van der Waals surface area contributed by atoms with E-state index in [0.717, 1.165) is 16.3 Å². The van der Waals surface area contributed by atoms with Crippen LogP contribution in [0.25, 0.3) is 10.8 Å². The monoisotopic (exact) mass is 503 g/mol. The van der Waals surface area contributed by atoms with Crippen LogP contribution in [0.4, 0.5) is 10.6 Å². The first-order valence-electron chi connectivity index (χ1n) is 10.9. The van der Waals surface area contributed by atoms with Crippen LogP contribution < -0.4 is 21.7 Å². The molecule has 1 aromatic heterocycles. The maximum atomic E-state index is 12.4. The molecule has 3 aromatic rings. The van der Waals surface area contributed by atoms with Gasteiger partial charge in [-0.3, -0.25) is 10.1 Å². The number of amides is 2. The van der Waals surface area contributed by atoms with Gasteiger partial charge in [0, 0.05) is 18.1 Å². The number of ether oxygens (including phenoxy) is 1. The summed E-state index contributed by atoms with van der Waals surface area (Å²) in [7, 11) is 0. The van der Waals surface area contributed by atoms with Gasteiger partial charge >= 0.3 is 6.09 Å². The second kappa shape index (κ2) is 13.1. The van der Waals surface area contributed by atoms with E-state index < -0.39 is 6.09 Å². The number of carbonyl (C=O) groups is 2. The molecule has 0 aliphatic heterocycles. The van der Waals surface area contributed by atoms with Gasteiger partial charge in [-0.15, -0.1) is 0 Å². The summed E-state index contributed by atoms with van der Waals surface area (Å²) < 4.78 is 5.32. The second-order valence-corrected chi connectivity index (χ2v) is 8.44. The number of nitrogens with two attached hydrogens (primary N) is 1. The number of benzene rings is 2. The molecule has 0 radical (unpaired) electrons. The number of carbonyl (C=O) groups excluding carboxylic acids is 2. The number of halogens is 2. The summed E-state index contributed by atoms with van der Waals surface area (Å²) in [4.78, 5) is 28.9. The van der Waals surface area contributed by atoms with Crippen molar-refractivity contribution in [3.8, 4) is 0 Å². The average molecular weight is 504 g/mol. The minimum Gasteiger partial charge on any atom is -0.447 e. The second-order valence-electron chi connectivity index (χ2n) is 7.65. The van der Waals surface area contributed by atoms with Crippen LogP contribution in [0, 0.1) is 0 Å². The lowest BCUT2D eigenvalue weighted by Gasteiger charge is -2.19. The standard InChI is InChI=1S/C24H27Cl2N5O3/c25-20-9-3-7-18(23(20)26)12-28-14-22(32)30-19(8-4-10-27)15-34-24(33)31-21-11-16-5-1-2-6-17(16)13-29-21/h1-3,5-7,9,11,13,19,28H,4,8,10,12,14-15,27H2,(H,30,32)(H,29,31,33)/t19-/m0/s1. The van der Waals surface area contributed by atoms with Crippen LogP contribution >= 0.6 is 23.2 Å². The fourth-order valence-electron chi connectivity index (χ4n) is 3.30. The lowest BCUT2D eigenvalue weighted by molar-refractivity contribution is -0.121. The van der Waals surface area contributed by atoms with Crippen LogP contribution in [0.1, 0.15) is 18.4 Å². The fraction of sp³-hybridized carbons (Fsp3) is 0.292. The number of nitrogens with one attached hydrogen (secondary N) is 3. The zero-order valence-corrected chi connectivity index (χ0v) is 20.0. The number of pyridine rings is 1. The third kappa shape index (κ3) is 7.85. The number of nitrogens with zero attached hydrogens (tertiary/aromatic N) is 1. The van der Waals surface area contributed by atoms with Crippen LogP contribution in [-0.2, 0) is 16.1 Å². The lowest BCUT2D eigenvalue weighted by atomic mass is 10.1. The van der Waals surface area contributed by atoms with Crippen molar-refractivity contribution in [1.29, 1.82) is 0 Å². The maximum Gasteiger partial charge on any atom is 0.412 e. The summed E-state index contributed by atoms with van der Waals surface area (Å²) >= 11 is 12.2. The Bertz CT molecular complexity index is 1130. The molecule has 10 heteroatoms. The molecule has 0 aliphatic carbocycles. The number of hydrogen-bond acceptors (Lipinski definition) is 6. The first-order chi connectivity index (χ1) is 16.5. The highest BCUT2D eigenvalue weighted by atomic mass is 35.5. The van der Waals surface area contributed by atoms with Gasteiger partial charge in [0.15, 0.2) is 0 Å². The van der Waals surface area contributed by atoms with Crippen LogP contribution in [0.3, 0.4) is 0 Å². The molecule has 5 N–H and O–H groups in total. The third-order valence-corrected chi connectivity index (χ3v) is 5.89. The SMILES string of the molecule is NCCC[C@@H](COC(=O)Nc1cc2ccccc2cn1)NC(=O)CNCc1cccc(Cl)c1Cl. The molecule has 2 aromatic carbocycles. The molecule has 8 nitrogen and oxygen atoms in total. The molecule has 0 spiro atoms. The number of rotatable bonds is 11. The molecule has 180 valence electrons. The lowest BCUT2D eigenvalue weighted by Crippen LogP contribution is -2.43. The van der Waals surface area contributed by atoms with Crippen molar-refractivity contribution in [1.82, 2.24) is 15.6 Å². The summed E-state index contributed by atoms with van der Waals surface area (Å²) in [6, 6.07) is 14.4. The van der Waals surface area contributed by atoms with Crippen molar-refractivity contribution in [2.45, 2.75) is 25.4 Å². The van der Waals surface area contributed by atoms with E-state index in [4.69, 9.17) is 33.7 Å². The Labute approximate surface area is 208 Å². The molecule has 0 bridgehead atoms. The molecular formula is C24H27Cl2N5O3. The minimum absolute atomic E-state index is 0.00523. The van der Waals surface area contributed by atoms with Crippen molar-refractivity contribution in [3.63, 3.8) is 0 Å². The molecule has 1 heterocycles. The molecule has 0 saturated carbocycles. The molecular weight excluding hydrogens is 477 g/mol. The van der Waals surface area contributed by atoms with E-state index in [1.165, 1.54) is 0 Å². The predicted molar refractivity (Wildman–Crippen MR) is 135 cm³/mol. The molecule has 0 aliphatic rings. The van der Waals surface area contributed by atoms with Gasteiger partial charge in [0.1, 0.15) is 12.4 Å². The highest BCUT2D eigenvalue weighted by Gasteiger charge is 2.15. The quantitative estimate of drug-likeness (QED) is 0.312. The Morgan fingerprint density at radius 1 is 1.09 bits per heavy atom. The van der Waals surface area contributed by atoms with Crippen molar-refractivity contribution < 1.29 is 14.3 Å². The number of anilines is 1. The van der Waals surface area contributed by atoms with Crippen LogP contribution in [0.5, 0.6) is 0 Å². The van der Waals surface area contributed by atoms with Gasteiger partial charge in [-0.05, 0) is 42.5 Å². The van der Waals surface area contributed by atoms with Crippen LogP contribution in [0.2, 0.25) is 10.0 Å². The zero-order valence-electron chi connectivity index (χ0n) is 18.5. The largest absolute Gasteiger partial charge is 0.447 e. The van der Waals surface area contributed by atoms with Gasteiger partial charge in [0.25, 0.3) is 0 Å². The van der Waals surface area contributed by atoms with Gasteiger partial charge in [-0.1, -0.05) is 59.6 Å². The normalized spacial score (nSPS) is 11.7. The molecule has 34 heavy (non-hydrogen) atoms. The summed E-state index contributed by atoms with van der Waals surface area (Å²) in [5.74, 6) is 0.149. The summed E-state index contributed by atoms with van der Waals surface area (Å²) in [5, 5.41) is 11.4. The van der Waals surface area contributed by atoms with E-state index in [1.54, 1.807) is 24.4 Å². The van der Waals surface area contributed by atoms with Crippen molar-refractivity contribution in [3.05, 3.63) is 70.3 Å². The Morgan fingerprint density at radius 3 is 2.68 bits per heavy atom. The first-order valence-corrected chi connectivity index (χ1v) is 11.6. The molecule has 1 atom stereocenters. The third-order valence-electron chi connectivity index (χ3n) is 5.03. The van der Waals surface area contributed by atoms with E-state index in [9.17, 15) is 9.59 Å². The van der Waals surface area contributed by atoms with E-state index in [1.807, 2.05) is 30.3 Å². The first kappa shape index (κ1) is 25.7. The number of hydrogen-bond donors (Lipinski definition) is 4. The maximum absolute atomic E-state index is 12.4. The van der Waals surface area contributed by atoms with Crippen molar-refractivity contribution in [2.75, 3.05) is 25.0 Å². The summed E-state index contributed by atoms with van der Waals surface area (Å²) in [6.07, 6.45) is 2.28. The molecule has 0 saturated heterocycles. The zero-order chi connectivity index (χ0) is 24.3. The van der Waals surface area contributed by atoms with E-state index in [0.29, 0.717) is 41.8 Å². The van der Waals surface area contributed by atoms with Gasteiger partial charge in [0.05, 0.1) is 22.6 Å². The summed E-state index contributed by atoms with van der Waals surface area (Å²) in [5.41, 5.74) is 6.40. The number of fused-ring (bicyclic) bond motifs is 1. The van der Waals surface area contributed by atoms with Crippen LogP contribution in [-0.4, -0.2) is 42.7 Å². The van der Waals surface area contributed by atoms with Gasteiger partial charge in [-0.25, -0.2) is 9.78 Å². The Hall–Kier alpha value is -2.91. The topological polar surface area (TPSA) is 118 Å².